The third-order valence-electron chi connectivity index (χ3n) is 2.90. The van der Waals surface area contributed by atoms with Crippen molar-refractivity contribution in [2.24, 2.45) is 5.92 Å². The van der Waals surface area contributed by atoms with Gasteiger partial charge < -0.3 is 9.47 Å². The van der Waals surface area contributed by atoms with Gasteiger partial charge in [-0.2, -0.15) is 0 Å². The van der Waals surface area contributed by atoms with Crippen LogP contribution in [0.15, 0.2) is 18.2 Å². The molecule has 1 aromatic carbocycles. The van der Waals surface area contributed by atoms with Gasteiger partial charge in [-0.15, -0.1) is 0 Å². The molecule has 0 aliphatic heterocycles. The van der Waals surface area contributed by atoms with Crippen molar-refractivity contribution in [2.75, 3.05) is 14.2 Å². The van der Waals surface area contributed by atoms with Gasteiger partial charge in [0, 0.05) is 12.1 Å². The van der Waals surface area contributed by atoms with E-state index in [1.54, 1.807) is 18.2 Å². The summed E-state index contributed by atoms with van der Waals surface area (Å²) < 4.78 is 23.6. The van der Waals surface area contributed by atoms with Crippen LogP contribution < -0.4 is 10.1 Å². The van der Waals surface area contributed by atoms with Crippen molar-refractivity contribution >= 4 is 5.97 Å². The van der Waals surface area contributed by atoms with Crippen LogP contribution >= 0.6 is 0 Å². The molecule has 0 saturated heterocycles. The fourth-order valence-electron chi connectivity index (χ4n) is 1.79. The standard InChI is InChI=1S/C14H20FNO3/c1-9(2)13(14(17)19-4)16-8-10-6-5-7-11(18-3)12(10)15/h5-7,9,13,16H,8H2,1-4H3. The van der Waals surface area contributed by atoms with Gasteiger partial charge in [-0.3, -0.25) is 10.1 Å². The van der Waals surface area contributed by atoms with Gasteiger partial charge in [0.05, 0.1) is 14.2 Å². The summed E-state index contributed by atoms with van der Waals surface area (Å²) in [5.74, 6) is -0.511. The summed E-state index contributed by atoms with van der Waals surface area (Å²) in [4.78, 5) is 11.6. The van der Waals surface area contributed by atoms with Crippen LogP contribution in [0.2, 0.25) is 0 Å². The molecule has 19 heavy (non-hydrogen) atoms. The van der Waals surface area contributed by atoms with Crippen molar-refractivity contribution in [3.8, 4) is 5.75 Å². The molecule has 1 aromatic rings. The van der Waals surface area contributed by atoms with Crippen LogP contribution in [0, 0.1) is 11.7 Å². The average Bonchev–Trinajstić information content (AvgIpc) is 2.40. The summed E-state index contributed by atoms with van der Waals surface area (Å²) in [6, 6.07) is 4.45. The Morgan fingerprint density at radius 1 is 1.37 bits per heavy atom. The molecule has 0 aromatic heterocycles. The molecule has 1 rings (SSSR count). The topological polar surface area (TPSA) is 47.6 Å². The summed E-state index contributed by atoms with van der Waals surface area (Å²) in [5.41, 5.74) is 0.453. The van der Waals surface area contributed by atoms with Gasteiger partial charge >= 0.3 is 5.97 Å². The molecule has 0 radical (unpaired) electrons. The molecule has 0 saturated carbocycles. The molecule has 0 bridgehead atoms. The predicted octanol–water partition coefficient (Wildman–Crippen LogP) is 2.12. The van der Waals surface area contributed by atoms with E-state index >= 15 is 0 Å². The lowest BCUT2D eigenvalue weighted by atomic mass is 10.0. The summed E-state index contributed by atoms with van der Waals surface area (Å²) in [7, 11) is 2.76. The molecule has 4 nitrogen and oxygen atoms in total. The number of carbonyl (C=O) groups is 1. The Labute approximate surface area is 112 Å². The minimum atomic E-state index is -0.462. The van der Waals surface area contributed by atoms with Gasteiger partial charge in [-0.25, -0.2) is 4.39 Å². The third kappa shape index (κ3) is 3.92. The zero-order chi connectivity index (χ0) is 14.4. The van der Waals surface area contributed by atoms with Crippen molar-refractivity contribution < 1.29 is 18.7 Å². The van der Waals surface area contributed by atoms with Crippen LogP contribution in [0.25, 0.3) is 0 Å². The first-order valence-electron chi connectivity index (χ1n) is 6.13. The summed E-state index contributed by atoms with van der Waals surface area (Å²) in [5, 5.41) is 3.01. The maximum absolute atomic E-state index is 13.9. The molecule has 0 aliphatic carbocycles. The van der Waals surface area contributed by atoms with E-state index in [1.165, 1.54) is 14.2 Å². The lowest BCUT2D eigenvalue weighted by Crippen LogP contribution is -2.41. The van der Waals surface area contributed by atoms with Gasteiger partial charge in [0.25, 0.3) is 0 Å². The summed E-state index contributed by atoms with van der Waals surface area (Å²) >= 11 is 0. The molecule has 0 heterocycles. The first-order chi connectivity index (χ1) is 9.01. The minimum absolute atomic E-state index is 0.0566. The van der Waals surface area contributed by atoms with Crippen molar-refractivity contribution in [1.82, 2.24) is 5.32 Å². The molecule has 106 valence electrons. The lowest BCUT2D eigenvalue weighted by Gasteiger charge is -2.20. The van der Waals surface area contributed by atoms with Gasteiger partial charge in [0.15, 0.2) is 11.6 Å². The number of nitrogens with one attached hydrogen (secondary N) is 1. The molecule has 0 spiro atoms. The van der Waals surface area contributed by atoms with Crippen LogP contribution in [0.3, 0.4) is 0 Å². The van der Waals surface area contributed by atoms with E-state index in [-0.39, 0.29) is 24.2 Å². The van der Waals surface area contributed by atoms with E-state index < -0.39 is 11.9 Å². The molecule has 5 heteroatoms. The highest BCUT2D eigenvalue weighted by molar-refractivity contribution is 5.75. The quantitative estimate of drug-likeness (QED) is 0.804. The maximum atomic E-state index is 13.9. The van der Waals surface area contributed by atoms with Crippen LogP contribution in [-0.4, -0.2) is 26.2 Å². The molecule has 1 N–H and O–H groups in total. The Balaban J connectivity index is 2.77. The number of hydrogen-bond donors (Lipinski definition) is 1. The van der Waals surface area contributed by atoms with Crippen molar-refractivity contribution in [2.45, 2.75) is 26.4 Å². The fraction of sp³-hybridized carbons (Fsp3) is 0.500. The zero-order valence-electron chi connectivity index (χ0n) is 11.7. The van der Waals surface area contributed by atoms with Crippen LogP contribution in [0.5, 0.6) is 5.75 Å². The molecule has 0 fully saturated rings. The molecular formula is C14H20FNO3. The van der Waals surface area contributed by atoms with Gasteiger partial charge in [-0.1, -0.05) is 26.0 Å². The average molecular weight is 269 g/mol. The molecule has 0 aliphatic rings. The van der Waals surface area contributed by atoms with Crippen LogP contribution in [-0.2, 0) is 16.1 Å². The predicted molar refractivity (Wildman–Crippen MR) is 70.4 cm³/mol. The number of rotatable bonds is 6. The Hall–Kier alpha value is -1.62. The number of ether oxygens (including phenoxy) is 2. The number of halogens is 1. The zero-order valence-corrected chi connectivity index (χ0v) is 11.7. The van der Waals surface area contributed by atoms with E-state index in [9.17, 15) is 9.18 Å². The SMILES string of the molecule is COC(=O)C(NCc1cccc(OC)c1F)C(C)C. The van der Waals surface area contributed by atoms with Gasteiger partial charge in [0.2, 0.25) is 0 Å². The normalized spacial score (nSPS) is 12.3. The summed E-state index contributed by atoms with van der Waals surface area (Å²) in [6.45, 7) is 4.04. The monoisotopic (exact) mass is 269 g/mol. The van der Waals surface area contributed by atoms with E-state index in [1.807, 2.05) is 13.8 Å². The van der Waals surface area contributed by atoms with Crippen molar-refractivity contribution in [3.05, 3.63) is 29.6 Å². The molecular weight excluding hydrogens is 249 g/mol. The number of carbonyl (C=O) groups excluding carboxylic acids is 1. The van der Waals surface area contributed by atoms with E-state index in [2.05, 4.69) is 5.32 Å². The second kappa shape index (κ2) is 7.09. The maximum Gasteiger partial charge on any atom is 0.323 e. The molecule has 1 unspecified atom stereocenters. The van der Waals surface area contributed by atoms with E-state index in [0.29, 0.717) is 5.56 Å². The van der Waals surface area contributed by atoms with E-state index in [0.717, 1.165) is 0 Å². The number of benzene rings is 1. The van der Waals surface area contributed by atoms with E-state index in [4.69, 9.17) is 9.47 Å². The van der Waals surface area contributed by atoms with Gasteiger partial charge in [0.1, 0.15) is 6.04 Å². The minimum Gasteiger partial charge on any atom is -0.494 e. The summed E-state index contributed by atoms with van der Waals surface area (Å²) in [6.07, 6.45) is 0. The Bertz CT molecular complexity index is 435. The highest BCUT2D eigenvalue weighted by Gasteiger charge is 2.22. The molecule has 1 atom stereocenters. The highest BCUT2D eigenvalue weighted by atomic mass is 19.1. The second-order valence-electron chi connectivity index (χ2n) is 4.56. The Morgan fingerprint density at radius 3 is 2.58 bits per heavy atom. The Kier molecular flexibility index (Phi) is 5.76. The number of hydrogen-bond acceptors (Lipinski definition) is 4. The second-order valence-corrected chi connectivity index (χ2v) is 4.56. The third-order valence-corrected chi connectivity index (χ3v) is 2.90. The fourth-order valence-corrected chi connectivity index (χ4v) is 1.79. The first-order valence-corrected chi connectivity index (χ1v) is 6.13. The largest absolute Gasteiger partial charge is 0.494 e. The molecule has 0 amide bonds. The lowest BCUT2D eigenvalue weighted by molar-refractivity contribution is -0.144. The Morgan fingerprint density at radius 2 is 2.05 bits per heavy atom. The van der Waals surface area contributed by atoms with Crippen molar-refractivity contribution in [1.29, 1.82) is 0 Å². The number of esters is 1. The highest BCUT2D eigenvalue weighted by Crippen LogP contribution is 2.20. The first kappa shape index (κ1) is 15.4. The smallest absolute Gasteiger partial charge is 0.323 e. The van der Waals surface area contributed by atoms with Crippen molar-refractivity contribution in [3.63, 3.8) is 0 Å². The van der Waals surface area contributed by atoms with Gasteiger partial charge in [-0.05, 0) is 12.0 Å². The van der Waals surface area contributed by atoms with Crippen LogP contribution in [0.1, 0.15) is 19.4 Å². The van der Waals surface area contributed by atoms with Crippen LogP contribution in [0.4, 0.5) is 4.39 Å². The number of methoxy groups -OCH3 is 2.